The molecule has 0 atom stereocenters. The molecule has 1 aromatic carbocycles. The first kappa shape index (κ1) is 14.0. The third-order valence-corrected chi connectivity index (χ3v) is 2.74. The zero-order valence-electron chi connectivity index (χ0n) is 10.4. The molecule has 0 aliphatic heterocycles. The minimum absolute atomic E-state index is 0.161. The molecule has 2 rings (SSSR count). The van der Waals surface area contributed by atoms with Crippen LogP contribution in [0.25, 0.3) is 11.3 Å². The van der Waals surface area contributed by atoms with E-state index in [4.69, 9.17) is 5.11 Å². The lowest BCUT2D eigenvalue weighted by molar-refractivity contribution is -0.137. The maximum absolute atomic E-state index is 12.6. The van der Waals surface area contributed by atoms with Crippen molar-refractivity contribution >= 4 is 5.97 Å². The molecule has 1 aromatic heterocycles. The summed E-state index contributed by atoms with van der Waals surface area (Å²) in [7, 11) is 0. The van der Waals surface area contributed by atoms with Crippen molar-refractivity contribution in [2.45, 2.75) is 13.1 Å². The summed E-state index contributed by atoms with van der Waals surface area (Å²) in [5.74, 6) is -1.42. The van der Waals surface area contributed by atoms with Gasteiger partial charge < -0.3 is 5.11 Å². The number of hydrogen-bond acceptors (Lipinski definition) is 2. The number of carbonyl (C=O) groups is 1. The van der Waals surface area contributed by atoms with Crippen LogP contribution >= 0.6 is 0 Å². The molecule has 2 aromatic rings. The first-order valence-electron chi connectivity index (χ1n) is 5.67. The highest BCUT2D eigenvalue weighted by Crippen LogP contribution is 2.33. The fourth-order valence-electron chi connectivity index (χ4n) is 1.81. The molecule has 104 valence electrons. The van der Waals surface area contributed by atoms with E-state index in [0.717, 1.165) is 12.1 Å². The van der Waals surface area contributed by atoms with Gasteiger partial charge in [-0.1, -0.05) is 12.1 Å². The van der Waals surface area contributed by atoms with E-state index in [2.05, 4.69) is 4.98 Å². The molecule has 3 nitrogen and oxygen atoms in total. The normalized spacial score (nSPS) is 11.4. The van der Waals surface area contributed by atoms with Gasteiger partial charge in [-0.2, -0.15) is 13.2 Å². The Bertz CT molecular complexity index is 666. The standard InChI is InChI=1S/C14H10F3NO2/c1-8-3-2-4-12(18-8)10-6-5-9(14(15,16)17)7-11(10)13(19)20/h2-7H,1H3,(H,19,20). The van der Waals surface area contributed by atoms with Crippen LogP contribution in [0.1, 0.15) is 21.6 Å². The Kier molecular flexibility index (Phi) is 3.48. The van der Waals surface area contributed by atoms with Gasteiger partial charge in [0.25, 0.3) is 0 Å². The summed E-state index contributed by atoms with van der Waals surface area (Å²) < 4.78 is 37.9. The van der Waals surface area contributed by atoms with E-state index < -0.39 is 23.3 Å². The summed E-state index contributed by atoms with van der Waals surface area (Å²) in [4.78, 5) is 15.3. The molecule has 0 radical (unpaired) electrons. The van der Waals surface area contributed by atoms with Crippen molar-refractivity contribution in [2.75, 3.05) is 0 Å². The van der Waals surface area contributed by atoms with Crippen molar-refractivity contribution in [1.29, 1.82) is 0 Å². The number of carboxylic acid groups (broad SMARTS) is 1. The van der Waals surface area contributed by atoms with E-state index >= 15 is 0 Å². The van der Waals surface area contributed by atoms with Gasteiger partial charge in [0.05, 0.1) is 16.8 Å². The Labute approximate surface area is 112 Å². The Morgan fingerprint density at radius 2 is 1.90 bits per heavy atom. The van der Waals surface area contributed by atoms with Crippen LogP contribution in [-0.2, 0) is 6.18 Å². The summed E-state index contributed by atoms with van der Waals surface area (Å²) in [5, 5.41) is 9.09. The molecular weight excluding hydrogens is 271 g/mol. The smallest absolute Gasteiger partial charge is 0.416 e. The van der Waals surface area contributed by atoms with Crippen molar-refractivity contribution in [3.05, 3.63) is 53.2 Å². The van der Waals surface area contributed by atoms with Crippen LogP contribution < -0.4 is 0 Å². The molecule has 0 aliphatic carbocycles. The number of hydrogen-bond donors (Lipinski definition) is 1. The van der Waals surface area contributed by atoms with Crippen LogP contribution in [0.2, 0.25) is 0 Å². The SMILES string of the molecule is Cc1cccc(-c2ccc(C(F)(F)F)cc2C(=O)O)n1. The van der Waals surface area contributed by atoms with E-state index in [1.54, 1.807) is 25.1 Å². The first-order chi connectivity index (χ1) is 9.29. The van der Waals surface area contributed by atoms with E-state index in [1.807, 2.05) is 0 Å². The summed E-state index contributed by atoms with van der Waals surface area (Å²) in [6.07, 6.45) is -4.58. The minimum Gasteiger partial charge on any atom is -0.478 e. The molecule has 1 heterocycles. The van der Waals surface area contributed by atoms with Crippen LogP contribution in [0, 0.1) is 6.92 Å². The second-order valence-electron chi connectivity index (χ2n) is 4.23. The highest BCUT2D eigenvalue weighted by atomic mass is 19.4. The molecule has 0 amide bonds. The fraction of sp³-hybridized carbons (Fsp3) is 0.143. The maximum atomic E-state index is 12.6. The summed E-state index contributed by atoms with van der Waals surface area (Å²) in [6.45, 7) is 1.72. The molecule has 0 saturated carbocycles. The summed E-state index contributed by atoms with van der Waals surface area (Å²) >= 11 is 0. The Morgan fingerprint density at radius 1 is 1.20 bits per heavy atom. The number of rotatable bonds is 2. The Balaban J connectivity index is 2.62. The lowest BCUT2D eigenvalue weighted by Crippen LogP contribution is -2.09. The van der Waals surface area contributed by atoms with Crippen molar-refractivity contribution < 1.29 is 23.1 Å². The van der Waals surface area contributed by atoms with Crippen molar-refractivity contribution in [3.63, 3.8) is 0 Å². The van der Waals surface area contributed by atoms with E-state index in [1.165, 1.54) is 0 Å². The average molecular weight is 281 g/mol. The topological polar surface area (TPSA) is 50.2 Å². The zero-order chi connectivity index (χ0) is 14.9. The fourth-order valence-corrected chi connectivity index (χ4v) is 1.81. The van der Waals surface area contributed by atoms with Gasteiger partial charge in [-0.05, 0) is 31.2 Å². The van der Waals surface area contributed by atoms with Crippen molar-refractivity contribution in [3.8, 4) is 11.3 Å². The largest absolute Gasteiger partial charge is 0.478 e. The predicted molar refractivity (Wildman–Crippen MR) is 66.4 cm³/mol. The number of nitrogens with zero attached hydrogens (tertiary/aromatic N) is 1. The zero-order valence-corrected chi connectivity index (χ0v) is 10.4. The molecular formula is C14H10F3NO2. The lowest BCUT2D eigenvalue weighted by Gasteiger charge is -2.11. The second kappa shape index (κ2) is 4.96. The summed E-state index contributed by atoms with van der Waals surface area (Å²) in [6, 6.07) is 7.55. The van der Waals surface area contributed by atoms with E-state index in [0.29, 0.717) is 17.5 Å². The van der Waals surface area contributed by atoms with Gasteiger partial charge in [0, 0.05) is 11.3 Å². The first-order valence-corrected chi connectivity index (χ1v) is 5.67. The third kappa shape index (κ3) is 2.79. The van der Waals surface area contributed by atoms with Gasteiger partial charge in [-0.15, -0.1) is 0 Å². The number of pyridine rings is 1. The molecule has 0 spiro atoms. The number of aromatic nitrogens is 1. The summed E-state index contributed by atoms with van der Waals surface area (Å²) in [5.41, 5.74) is -0.270. The second-order valence-corrected chi connectivity index (χ2v) is 4.23. The predicted octanol–water partition coefficient (Wildman–Crippen LogP) is 3.77. The highest BCUT2D eigenvalue weighted by Gasteiger charge is 2.32. The molecule has 0 fully saturated rings. The van der Waals surface area contributed by atoms with E-state index in [-0.39, 0.29) is 5.56 Å². The van der Waals surface area contributed by atoms with Gasteiger partial charge in [0.1, 0.15) is 0 Å². The minimum atomic E-state index is -4.58. The Hall–Kier alpha value is -2.37. The van der Waals surface area contributed by atoms with Crippen LogP contribution in [-0.4, -0.2) is 16.1 Å². The van der Waals surface area contributed by atoms with E-state index in [9.17, 15) is 18.0 Å². The number of halogens is 3. The van der Waals surface area contributed by atoms with Crippen molar-refractivity contribution in [2.24, 2.45) is 0 Å². The molecule has 0 aliphatic rings. The van der Waals surface area contributed by atoms with Crippen LogP contribution in [0.15, 0.2) is 36.4 Å². The monoisotopic (exact) mass is 281 g/mol. The Morgan fingerprint density at radius 3 is 2.45 bits per heavy atom. The lowest BCUT2D eigenvalue weighted by atomic mass is 10.0. The maximum Gasteiger partial charge on any atom is 0.416 e. The van der Waals surface area contributed by atoms with Crippen LogP contribution in [0.4, 0.5) is 13.2 Å². The van der Waals surface area contributed by atoms with Gasteiger partial charge in [0.2, 0.25) is 0 Å². The highest BCUT2D eigenvalue weighted by molar-refractivity contribution is 5.95. The molecule has 20 heavy (non-hydrogen) atoms. The molecule has 0 bridgehead atoms. The molecule has 0 saturated heterocycles. The van der Waals surface area contributed by atoms with Crippen molar-refractivity contribution in [1.82, 2.24) is 4.98 Å². The quantitative estimate of drug-likeness (QED) is 0.911. The number of carboxylic acids is 1. The van der Waals surface area contributed by atoms with Crippen LogP contribution in [0.5, 0.6) is 0 Å². The number of aromatic carboxylic acids is 1. The average Bonchev–Trinajstić information content (AvgIpc) is 2.37. The third-order valence-electron chi connectivity index (χ3n) is 2.74. The molecule has 1 N–H and O–H groups in total. The number of alkyl halides is 3. The number of benzene rings is 1. The van der Waals surface area contributed by atoms with Gasteiger partial charge in [-0.3, -0.25) is 4.98 Å². The molecule has 0 unspecified atom stereocenters. The number of aryl methyl sites for hydroxylation is 1. The van der Waals surface area contributed by atoms with Gasteiger partial charge in [0.15, 0.2) is 0 Å². The van der Waals surface area contributed by atoms with Gasteiger partial charge >= 0.3 is 12.1 Å². The van der Waals surface area contributed by atoms with Crippen LogP contribution in [0.3, 0.4) is 0 Å². The molecule has 6 heteroatoms. The van der Waals surface area contributed by atoms with Gasteiger partial charge in [-0.25, -0.2) is 4.79 Å².